The molecule has 2 rings (SSSR count). The fourth-order valence-corrected chi connectivity index (χ4v) is 2.05. The minimum absolute atomic E-state index is 0.399. The molecule has 106 valence electrons. The van der Waals surface area contributed by atoms with E-state index in [-0.39, 0.29) is 0 Å². The molecule has 1 aromatic heterocycles. The Hall–Kier alpha value is -2.14. The molecular weight excluding hydrogens is 252 g/mol. The Kier molecular flexibility index (Phi) is 4.90. The number of rotatable bonds is 7. The summed E-state index contributed by atoms with van der Waals surface area (Å²) in [4.78, 5) is 15.5. The monoisotopic (exact) mass is 272 g/mol. The summed E-state index contributed by atoms with van der Waals surface area (Å²) >= 11 is 0. The second-order valence-corrected chi connectivity index (χ2v) is 4.71. The van der Waals surface area contributed by atoms with Crippen molar-refractivity contribution in [3.05, 3.63) is 53.6 Å². The van der Waals surface area contributed by atoms with E-state index in [1.54, 1.807) is 6.07 Å². The molecule has 0 spiro atoms. The summed E-state index contributed by atoms with van der Waals surface area (Å²) in [5.74, 6) is -0.399. The van der Waals surface area contributed by atoms with Crippen LogP contribution in [0, 0.1) is 0 Å². The molecular formula is C15H20N4O. The van der Waals surface area contributed by atoms with Crippen LogP contribution >= 0.6 is 0 Å². The van der Waals surface area contributed by atoms with Crippen molar-refractivity contribution in [3.8, 4) is 0 Å². The number of hydrogen-bond acceptors (Lipinski definition) is 3. The Labute approximate surface area is 118 Å². The summed E-state index contributed by atoms with van der Waals surface area (Å²) in [6, 6.07) is 7.37. The normalized spacial score (nSPS) is 10.7. The number of imidazole rings is 1. The van der Waals surface area contributed by atoms with Crippen molar-refractivity contribution in [2.24, 2.45) is 5.73 Å². The molecule has 1 aromatic carbocycles. The maximum atomic E-state index is 11.2. The topological polar surface area (TPSA) is 72.9 Å². The number of nitrogens with two attached hydrogens (primary N) is 1. The molecule has 1 heterocycles. The van der Waals surface area contributed by atoms with Crippen molar-refractivity contribution in [2.75, 3.05) is 13.1 Å². The Morgan fingerprint density at radius 1 is 1.45 bits per heavy atom. The summed E-state index contributed by atoms with van der Waals surface area (Å²) in [5, 5.41) is 3.27. The number of nitrogens with one attached hydrogen (secondary N) is 1. The molecule has 0 fully saturated rings. The van der Waals surface area contributed by atoms with E-state index < -0.39 is 5.91 Å². The van der Waals surface area contributed by atoms with E-state index in [2.05, 4.69) is 17.2 Å². The van der Waals surface area contributed by atoms with Crippen molar-refractivity contribution < 1.29 is 4.79 Å². The van der Waals surface area contributed by atoms with Gasteiger partial charge in [0.05, 0.1) is 12.0 Å². The molecule has 0 aliphatic heterocycles. The highest BCUT2D eigenvalue weighted by atomic mass is 16.1. The number of carbonyl (C=O) groups excluding carboxylic acids is 1. The quantitative estimate of drug-likeness (QED) is 0.743. The average molecular weight is 272 g/mol. The Bertz CT molecular complexity index is 577. The third-order valence-electron chi connectivity index (χ3n) is 3.07. The second-order valence-electron chi connectivity index (χ2n) is 4.71. The van der Waals surface area contributed by atoms with E-state index >= 15 is 0 Å². The maximum absolute atomic E-state index is 11.2. The van der Waals surface area contributed by atoms with Gasteiger partial charge < -0.3 is 15.6 Å². The molecule has 0 aliphatic rings. The predicted molar refractivity (Wildman–Crippen MR) is 78.5 cm³/mol. The zero-order valence-corrected chi connectivity index (χ0v) is 11.7. The largest absolute Gasteiger partial charge is 0.366 e. The third-order valence-corrected chi connectivity index (χ3v) is 3.07. The predicted octanol–water partition coefficient (Wildman–Crippen LogP) is 1.18. The van der Waals surface area contributed by atoms with Crippen molar-refractivity contribution in [1.29, 1.82) is 0 Å². The van der Waals surface area contributed by atoms with Gasteiger partial charge in [-0.15, -0.1) is 0 Å². The van der Waals surface area contributed by atoms with Crippen LogP contribution in [-0.2, 0) is 13.0 Å². The van der Waals surface area contributed by atoms with Crippen LogP contribution in [-0.4, -0.2) is 28.5 Å². The number of carbonyl (C=O) groups is 1. The van der Waals surface area contributed by atoms with Gasteiger partial charge in [-0.1, -0.05) is 19.1 Å². The molecule has 0 atom stereocenters. The van der Waals surface area contributed by atoms with E-state index in [9.17, 15) is 4.79 Å². The van der Waals surface area contributed by atoms with Crippen molar-refractivity contribution in [1.82, 2.24) is 14.9 Å². The lowest BCUT2D eigenvalue weighted by molar-refractivity contribution is 0.1000. The first-order valence-corrected chi connectivity index (χ1v) is 6.79. The summed E-state index contributed by atoms with van der Waals surface area (Å²) in [5.41, 5.74) is 7.93. The second kappa shape index (κ2) is 6.86. The maximum Gasteiger partial charge on any atom is 0.248 e. The zero-order chi connectivity index (χ0) is 14.4. The van der Waals surface area contributed by atoms with Crippen LogP contribution in [0.4, 0.5) is 0 Å². The first kappa shape index (κ1) is 14.3. The van der Waals surface area contributed by atoms with Crippen LogP contribution in [0.2, 0.25) is 0 Å². The molecule has 20 heavy (non-hydrogen) atoms. The van der Waals surface area contributed by atoms with Gasteiger partial charge in [0.2, 0.25) is 5.91 Å². The standard InChI is InChI=1S/C15H20N4O/c1-2-17-7-6-14-10-19(11-18-14)9-12-4-3-5-13(8-12)15(16)20/h3-5,8,10-11,17H,2,6-7,9H2,1H3,(H2,16,20). The van der Waals surface area contributed by atoms with Gasteiger partial charge in [-0.05, 0) is 24.2 Å². The highest BCUT2D eigenvalue weighted by Crippen LogP contribution is 2.08. The lowest BCUT2D eigenvalue weighted by Gasteiger charge is -2.04. The smallest absolute Gasteiger partial charge is 0.248 e. The van der Waals surface area contributed by atoms with E-state index in [4.69, 9.17) is 5.73 Å². The van der Waals surface area contributed by atoms with Gasteiger partial charge in [0, 0.05) is 31.3 Å². The third kappa shape index (κ3) is 3.93. The average Bonchev–Trinajstić information content (AvgIpc) is 2.87. The lowest BCUT2D eigenvalue weighted by atomic mass is 10.1. The number of likely N-dealkylation sites (N-methyl/N-ethyl adjacent to an activating group) is 1. The number of aromatic nitrogens is 2. The molecule has 3 N–H and O–H groups in total. The van der Waals surface area contributed by atoms with Crippen LogP contribution in [0.15, 0.2) is 36.8 Å². The summed E-state index contributed by atoms with van der Waals surface area (Å²) in [6.45, 7) is 4.69. The molecule has 5 nitrogen and oxygen atoms in total. The highest BCUT2D eigenvalue weighted by molar-refractivity contribution is 5.92. The first-order chi connectivity index (χ1) is 9.69. The minimum Gasteiger partial charge on any atom is -0.366 e. The van der Waals surface area contributed by atoms with Gasteiger partial charge in [-0.3, -0.25) is 4.79 Å². The van der Waals surface area contributed by atoms with E-state index in [1.807, 2.05) is 35.3 Å². The van der Waals surface area contributed by atoms with Gasteiger partial charge in [0.1, 0.15) is 0 Å². The van der Waals surface area contributed by atoms with Crippen molar-refractivity contribution in [3.63, 3.8) is 0 Å². The molecule has 0 saturated carbocycles. The van der Waals surface area contributed by atoms with Gasteiger partial charge in [0.25, 0.3) is 0 Å². The Morgan fingerprint density at radius 2 is 2.30 bits per heavy atom. The zero-order valence-electron chi connectivity index (χ0n) is 11.7. The van der Waals surface area contributed by atoms with Crippen LogP contribution in [0.3, 0.4) is 0 Å². The lowest BCUT2D eigenvalue weighted by Crippen LogP contribution is -2.16. The van der Waals surface area contributed by atoms with Gasteiger partial charge in [-0.2, -0.15) is 0 Å². The number of amides is 1. The van der Waals surface area contributed by atoms with E-state index in [0.717, 1.165) is 30.8 Å². The molecule has 0 aliphatic carbocycles. The molecule has 5 heteroatoms. The highest BCUT2D eigenvalue weighted by Gasteiger charge is 2.03. The molecule has 1 amide bonds. The molecule has 2 aromatic rings. The number of primary amides is 1. The first-order valence-electron chi connectivity index (χ1n) is 6.79. The summed E-state index contributed by atoms with van der Waals surface area (Å²) in [7, 11) is 0. The molecule has 0 radical (unpaired) electrons. The Morgan fingerprint density at radius 3 is 3.05 bits per heavy atom. The van der Waals surface area contributed by atoms with Crippen LogP contribution in [0.25, 0.3) is 0 Å². The van der Waals surface area contributed by atoms with Crippen molar-refractivity contribution in [2.45, 2.75) is 19.9 Å². The van der Waals surface area contributed by atoms with Crippen LogP contribution < -0.4 is 11.1 Å². The van der Waals surface area contributed by atoms with Crippen molar-refractivity contribution >= 4 is 5.91 Å². The number of benzene rings is 1. The summed E-state index contributed by atoms with van der Waals surface area (Å²) < 4.78 is 2.02. The molecule has 0 bridgehead atoms. The van der Waals surface area contributed by atoms with Gasteiger partial charge in [-0.25, -0.2) is 4.98 Å². The molecule has 0 unspecified atom stereocenters. The molecule has 0 saturated heterocycles. The van der Waals surface area contributed by atoms with Crippen LogP contribution in [0.1, 0.15) is 28.5 Å². The van der Waals surface area contributed by atoms with Gasteiger partial charge in [0.15, 0.2) is 0 Å². The Balaban J connectivity index is 1.99. The van der Waals surface area contributed by atoms with Crippen LogP contribution in [0.5, 0.6) is 0 Å². The number of hydrogen-bond donors (Lipinski definition) is 2. The number of nitrogens with zero attached hydrogens (tertiary/aromatic N) is 2. The fourth-order valence-electron chi connectivity index (χ4n) is 2.05. The fraction of sp³-hybridized carbons (Fsp3) is 0.333. The van der Waals surface area contributed by atoms with E-state index in [1.165, 1.54) is 0 Å². The van der Waals surface area contributed by atoms with E-state index in [0.29, 0.717) is 12.1 Å². The van der Waals surface area contributed by atoms with Gasteiger partial charge >= 0.3 is 0 Å². The minimum atomic E-state index is -0.399. The SMILES string of the molecule is CCNCCc1cn(Cc2cccc(C(N)=O)c2)cn1. The summed E-state index contributed by atoms with van der Waals surface area (Å²) in [6.07, 6.45) is 4.77.